The van der Waals surface area contributed by atoms with Crippen LogP contribution in [0.5, 0.6) is 0 Å². The predicted molar refractivity (Wildman–Crippen MR) is 85.4 cm³/mol. The number of amides is 1. The summed E-state index contributed by atoms with van der Waals surface area (Å²) in [4.78, 5) is 14.2. The summed E-state index contributed by atoms with van der Waals surface area (Å²) in [6.07, 6.45) is 2.39. The van der Waals surface area contributed by atoms with Crippen molar-refractivity contribution < 1.29 is 13.2 Å². The average Bonchev–Trinajstić information content (AvgIpc) is 2.92. The number of rotatable bonds is 5. The van der Waals surface area contributed by atoms with E-state index in [2.05, 4.69) is 10.2 Å². The van der Waals surface area contributed by atoms with Crippen molar-refractivity contribution in [1.82, 2.24) is 15.1 Å². The molecule has 1 aliphatic heterocycles. The summed E-state index contributed by atoms with van der Waals surface area (Å²) >= 11 is 0. The highest BCUT2D eigenvalue weighted by Crippen LogP contribution is 2.26. The minimum Gasteiger partial charge on any atom is -0.341 e. The predicted octanol–water partition coefficient (Wildman–Crippen LogP) is 1.64. The van der Waals surface area contributed by atoms with E-state index in [1.54, 1.807) is 4.90 Å². The molecule has 1 fully saturated rings. The first-order chi connectivity index (χ1) is 10.3. The van der Waals surface area contributed by atoms with Crippen molar-refractivity contribution >= 4 is 15.7 Å². The van der Waals surface area contributed by atoms with Gasteiger partial charge in [-0.15, -0.1) is 0 Å². The number of sulfone groups is 1. The fourth-order valence-corrected chi connectivity index (χ4v) is 4.32. The lowest BCUT2D eigenvalue weighted by atomic mass is 9.94. The SMILES string of the molecule is CCCS(=O)(=O)[C@@H](C)C(=O)N1CCC[C@H](c2cc(C)[nH]n2)C1. The van der Waals surface area contributed by atoms with Crippen LogP contribution < -0.4 is 0 Å². The first-order valence-corrected chi connectivity index (χ1v) is 9.59. The van der Waals surface area contributed by atoms with E-state index in [-0.39, 0.29) is 17.6 Å². The summed E-state index contributed by atoms with van der Waals surface area (Å²) in [5, 5.41) is 6.25. The maximum absolute atomic E-state index is 12.5. The average molecular weight is 327 g/mol. The maximum atomic E-state index is 12.5. The van der Waals surface area contributed by atoms with Crippen LogP contribution in [-0.4, -0.2) is 53.5 Å². The molecule has 2 rings (SSSR count). The van der Waals surface area contributed by atoms with Crippen molar-refractivity contribution in [3.63, 3.8) is 0 Å². The summed E-state index contributed by atoms with van der Waals surface area (Å²) in [6, 6.07) is 2.00. The third-order valence-electron chi connectivity index (χ3n) is 4.25. The number of likely N-dealkylation sites (tertiary alicyclic amines) is 1. The Bertz CT molecular complexity index is 624. The minimum atomic E-state index is -3.35. The molecule has 22 heavy (non-hydrogen) atoms. The van der Waals surface area contributed by atoms with E-state index < -0.39 is 15.1 Å². The monoisotopic (exact) mass is 327 g/mol. The van der Waals surface area contributed by atoms with Gasteiger partial charge in [0, 0.05) is 24.7 Å². The summed E-state index contributed by atoms with van der Waals surface area (Å²) in [5.41, 5.74) is 1.96. The van der Waals surface area contributed by atoms with Crippen LogP contribution in [0.15, 0.2) is 6.07 Å². The van der Waals surface area contributed by atoms with Crippen LogP contribution in [-0.2, 0) is 14.6 Å². The number of piperidine rings is 1. The maximum Gasteiger partial charge on any atom is 0.240 e. The standard InChI is InChI=1S/C15H25N3O3S/c1-4-8-22(20,21)12(3)15(19)18-7-5-6-13(10-18)14-9-11(2)16-17-14/h9,12-13H,4-8,10H2,1-3H3,(H,16,17)/t12-,13-/m0/s1. The zero-order chi connectivity index (χ0) is 16.3. The molecule has 0 spiro atoms. The molecule has 0 unspecified atom stereocenters. The third-order valence-corrected chi connectivity index (χ3v) is 6.51. The molecule has 7 heteroatoms. The van der Waals surface area contributed by atoms with Crippen molar-refractivity contribution in [3.05, 3.63) is 17.5 Å². The number of nitrogens with one attached hydrogen (secondary N) is 1. The second-order valence-electron chi connectivity index (χ2n) is 6.11. The van der Waals surface area contributed by atoms with Gasteiger partial charge < -0.3 is 4.90 Å². The van der Waals surface area contributed by atoms with Crippen molar-refractivity contribution in [3.8, 4) is 0 Å². The normalized spacial score (nSPS) is 20.9. The second-order valence-corrected chi connectivity index (χ2v) is 8.55. The Balaban J connectivity index is 2.07. The molecule has 124 valence electrons. The first kappa shape index (κ1) is 17.0. The molecular formula is C15H25N3O3S. The Morgan fingerprint density at radius 2 is 2.27 bits per heavy atom. The lowest BCUT2D eigenvalue weighted by molar-refractivity contribution is -0.131. The van der Waals surface area contributed by atoms with Gasteiger partial charge in [-0.05, 0) is 39.2 Å². The van der Waals surface area contributed by atoms with Gasteiger partial charge >= 0.3 is 0 Å². The van der Waals surface area contributed by atoms with E-state index >= 15 is 0 Å². The van der Waals surface area contributed by atoms with Gasteiger partial charge in [0.25, 0.3) is 0 Å². The molecule has 0 saturated carbocycles. The molecule has 2 atom stereocenters. The van der Waals surface area contributed by atoms with E-state index in [1.165, 1.54) is 6.92 Å². The zero-order valence-electron chi connectivity index (χ0n) is 13.5. The van der Waals surface area contributed by atoms with Crippen LogP contribution in [0.25, 0.3) is 0 Å². The Kier molecular flexibility index (Phi) is 5.26. The van der Waals surface area contributed by atoms with Crippen molar-refractivity contribution in [2.24, 2.45) is 0 Å². The number of aromatic nitrogens is 2. The molecule has 1 aromatic heterocycles. The number of nitrogens with zero attached hydrogens (tertiary/aromatic N) is 2. The number of H-pyrrole nitrogens is 1. The number of hydrogen-bond acceptors (Lipinski definition) is 4. The zero-order valence-corrected chi connectivity index (χ0v) is 14.3. The Hall–Kier alpha value is -1.37. The third kappa shape index (κ3) is 3.69. The van der Waals surface area contributed by atoms with Crippen molar-refractivity contribution in [1.29, 1.82) is 0 Å². The highest BCUT2D eigenvalue weighted by Gasteiger charge is 2.34. The molecule has 1 N–H and O–H groups in total. The van der Waals surface area contributed by atoms with Crippen LogP contribution in [0.1, 0.15) is 50.4 Å². The molecule has 6 nitrogen and oxygen atoms in total. The minimum absolute atomic E-state index is 0.0652. The molecule has 2 heterocycles. The van der Waals surface area contributed by atoms with Gasteiger partial charge in [0.2, 0.25) is 5.91 Å². The van der Waals surface area contributed by atoms with Crippen LogP contribution in [0.4, 0.5) is 0 Å². The summed E-state index contributed by atoms with van der Waals surface area (Å²) in [6.45, 7) is 6.45. The smallest absolute Gasteiger partial charge is 0.240 e. The van der Waals surface area contributed by atoms with Crippen LogP contribution in [0.2, 0.25) is 0 Å². The topological polar surface area (TPSA) is 83.1 Å². The molecule has 0 bridgehead atoms. The molecule has 1 aromatic rings. The summed E-state index contributed by atoms with van der Waals surface area (Å²) in [5.74, 6) is -0.0235. The fourth-order valence-electron chi connectivity index (χ4n) is 2.94. The van der Waals surface area contributed by atoms with E-state index in [9.17, 15) is 13.2 Å². The summed E-state index contributed by atoms with van der Waals surface area (Å²) < 4.78 is 24.2. The van der Waals surface area contributed by atoms with Crippen LogP contribution in [0.3, 0.4) is 0 Å². The van der Waals surface area contributed by atoms with Gasteiger partial charge in [-0.1, -0.05) is 6.92 Å². The molecule has 1 amide bonds. The van der Waals surface area contributed by atoms with Gasteiger partial charge in [-0.25, -0.2) is 8.42 Å². The summed E-state index contributed by atoms with van der Waals surface area (Å²) in [7, 11) is -3.35. The lowest BCUT2D eigenvalue weighted by Crippen LogP contribution is -2.46. The van der Waals surface area contributed by atoms with Gasteiger partial charge in [0.1, 0.15) is 5.25 Å². The van der Waals surface area contributed by atoms with Crippen molar-refractivity contribution in [2.75, 3.05) is 18.8 Å². The molecule has 1 saturated heterocycles. The Morgan fingerprint density at radius 1 is 1.55 bits per heavy atom. The number of aromatic amines is 1. The van der Waals surface area contributed by atoms with Crippen molar-refractivity contribution in [2.45, 2.75) is 51.2 Å². The highest BCUT2D eigenvalue weighted by atomic mass is 32.2. The fraction of sp³-hybridized carbons (Fsp3) is 0.733. The van der Waals surface area contributed by atoms with E-state index in [1.807, 2.05) is 19.9 Å². The lowest BCUT2D eigenvalue weighted by Gasteiger charge is -2.33. The van der Waals surface area contributed by atoms with E-state index in [4.69, 9.17) is 0 Å². The number of hydrogen-bond donors (Lipinski definition) is 1. The van der Waals surface area contributed by atoms with E-state index in [0.29, 0.717) is 19.5 Å². The Labute approximate surface area is 132 Å². The number of carbonyl (C=O) groups is 1. The van der Waals surface area contributed by atoms with E-state index in [0.717, 1.165) is 24.2 Å². The molecule has 0 aliphatic carbocycles. The quantitative estimate of drug-likeness (QED) is 0.891. The molecule has 1 aliphatic rings. The van der Waals surface area contributed by atoms with Gasteiger partial charge in [-0.3, -0.25) is 9.89 Å². The first-order valence-electron chi connectivity index (χ1n) is 7.87. The Morgan fingerprint density at radius 3 is 2.86 bits per heavy atom. The van der Waals surface area contributed by atoms with Gasteiger partial charge in [-0.2, -0.15) is 5.10 Å². The van der Waals surface area contributed by atoms with Gasteiger partial charge in [0.05, 0.1) is 11.4 Å². The van der Waals surface area contributed by atoms with Gasteiger partial charge in [0.15, 0.2) is 9.84 Å². The highest BCUT2D eigenvalue weighted by molar-refractivity contribution is 7.92. The molecule has 0 aromatic carbocycles. The molecule has 0 radical (unpaired) electrons. The number of carbonyl (C=O) groups excluding carboxylic acids is 1. The van der Waals surface area contributed by atoms with Crippen LogP contribution >= 0.6 is 0 Å². The largest absolute Gasteiger partial charge is 0.341 e. The number of aryl methyl sites for hydroxylation is 1. The molecular weight excluding hydrogens is 302 g/mol. The second kappa shape index (κ2) is 6.81. The van der Waals surface area contributed by atoms with Crippen LogP contribution in [0, 0.1) is 6.92 Å².